The zero-order valence-electron chi connectivity index (χ0n) is 14.7. The third kappa shape index (κ3) is 4.96. The third-order valence-corrected chi connectivity index (χ3v) is 3.79. The lowest BCUT2D eigenvalue weighted by molar-refractivity contribution is 0.184. The van der Waals surface area contributed by atoms with Crippen molar-refractivity contribution in [3.8, 4) is 0 Å². The van der Waals surface area contributed by atoms with E-state index in [0.29, 0.717) is 16.7 Å². The monoisotopic (exact) mass is 350 g/mol. The molecule has 0 aliphatic rings. The molecule has 0 radical (unpaired) electrons. The minimum absolute atomic E-state index is 0. The van der Waals surface area contributed by atoms with Gasteiger partial charge in [-0.15, -0.1) is 26.3 Å². The van der Waals surface area contributed by atoms with Gasteiger partial charge in [-0.05, 0) is 34.7 Å². The van der Waals surface area contributed by atoms with E-state index in [-0.39, 0.29) is 23.4 Å². The first-order valence-corrected chi connectivity index (χ1v) is 7.23. The lowest BCUT2D eigenvalue weighted by Crippen LogP contribution is -2.16. The summed E-state index contributed by atoms with van der Waals surface area (Å²) in [6.45, 7) is 16.0. The Morgan fingerprint density at radius 2 is 1.04 bits per heavy atom. The van der Waals surface area contributed by atoms with Gasteiger partial charge in [0.1, 0.15) is 0 Å². The van der Waals surface area contributed by atoms with Crippen LogP contribution in [0.3, 0.4) is 0 Å². The average Bonchev–Trinajstić information content (AvgIpc) is 2.57. The van der Waals surface area contributed by atoms with Crippen LogP contribution in [0.5, 0.6) is 0 Å². The summed E-state index contributed by atoms with van der Waals surface area (Å²) in [5.41, 5.74) is 2.02. The number of aryl methyl sites for hydroxylation is 1. The van der Waals surface area contributed by atoms with Gasteiger partial charge >= 0.3 is 0 Å². The van der Waals surface area contributed by atoms with E-state index in [4.69, 9.17) is 0 Å². The van der Waals surface area contributed by atoms with Crippen LogP contribution in [0.4, 0.5) is 0 Å². The van der Waals surface area contributed by atoms with Gasteiger partial charge in [-0.25, -0.2) is 0 Å². The quantitative estimate of drug-likeness (QED) is 0.396. The van der Waals surface area contributed by atoms with E-state index in [1.807, 2.05) is 0 Å². The van der Waals surface area contributed by atoms with Crippen LogP contribution in [-0.2, 0) is 0 Å². The summed E-state index contributed by atoms with van der Waals surface area (Å²) in [7, 11) is 0. The Kier molecular flexibility index (Phi) is 10.8. The summed E-state index contributed by atoms with van der Waals surface area (Å²) in [6.07, 6.45) is 0.872. The number of hydrogen-bond donors (Lipinski definition) is 6. The molecule has 0 aliphatic carbocycles. The number of benzene rings is 1. The molecule has 10 N–H and O–H groups in total. The fraction of sp³-hybridized carbons (Fsp3) is 0.263. The molecule has 1 rings (SSSR count). The van der Waals surface area contributed by atoms with Crippen LogP contribution in [0.1, 0.15) is 52.2 Å². The van der Waals surface area contributed by atoms with Crippen LogP contribution in [0.15, 0.2) is 56.7 Å². The Labute approximate surface area is 149 Å². The summed E-state index contributed by atoms with van der Waals surface area (Å²) in [5, 5.41) is 41.1. The number of aliphatic hydroxyl groups excluding tert-OH is 4. The smallest absolute Gasteiger partial charge is 0.0976 e. The Morgan fingerprint density at radius 1 is 0.680 bits per heavy atom. The van der Waals surface area contributed by atoms with Gasteiger partial charge in [0.25, 0.3) is 0 Å². The highest BCUT2D eigenvalue weighted by Gasteiger charge is 2.27. The zero-order valence-corrected chi connectivity index (χ0v) is 14.7. The molecule has 0 aliphatic heterocycles. The van der Waals surface area contributed by atoms with E-state index >= 15 is 0 Å². The van der Waals surface area contributed by atoms with Crippen molar-refractivity contribution in [1.29, 1.82) is 0 Å². The van der Waals surface area contributed by atoms with Crippen LogP contribution in [-0.4, -0.2) is 20.4 Å². The first-order chi connectivity index (χ1) is 10.8. The largest absolute Gasteiger partial charge is 0.384 e. The highest BCUT2D eigenvalue weighted by molar-refractivity contribution is 5.52. The summed E-state index contributed by atoms with van der Waals surface area (Å²) in [4.78, 5) is 0. The fourth-order valence-electron chi connectivity index (χ4n) is 2.67. The second-order valence-electron chi connectivity index (χ2n) is 5.25. The normalized spacial score (nSPS) is 14.8. The minimum atomic E-state index is -1.14. The van der Waals surface area contributed by atoms with E-state index in [1.54, 1.807) is 13.0 Å². The molecular weight excluding hydrogens is 320 g/mol. The maximum Gasteiger partial charge on any atom is 0.0976 e. The van der Waals surface area contributed by atoms with Crippen molar-refractivity contribution in [1.82, 2.24) is 12.3 Å². The molecule has 0 spiro atoms. The lowest BCUT2D eigenvalue weighted by Gasteiger charge is -2.27. The molecule has 1 aromatic carbocycles. The third-order valence-electron chi connectivity index (χ3n) is 3.79. The molecule has 0 fully saturated rings. The fourth-order valence-corrected chi connectivity index (χ4v) is 2.67. The Hall–Kier alpha value is -2.06. The van der Waals surface area contributed by atoms with E-state index in [2.05, 4.69) is 26.3 Å². The van der Waals surface area contributed by atoms with Crippen molar-refractivity contribution < 1.29 is 20.4 Å². The van der Waals surface area contributed by atoms with Crippen LogP contribution in [0.25, 0.3) is 0 Å². The molecule has 0 saturated carbocycles. The van der Waals surface area contributed by atoms with Crippen LogP contribution >= 0.6 is 0 Å². The molecule has 6 heteroatoms. The predicted molar refractivity (Wildman–Crippen MR) is 102 cm³/mol. The standard InChI is InChI=1S/C19H24O4.2H3N/c1-6-13(20)12-10-11(5)17(14(21)7-2)19(16(23)9-4)18(12)15(22)8-3;;/h6-10,13-16,20-23H,1-4H2,5H3;2*1H3. The topological polar surface area (TPSA) is 151 Å². The molecule has 140 valence electrons. The van der Waals surface area contributed by atoms with Gasteiger partial charge in [0.2, 0.25) is 0 Å². The van der Waals surface area contributed by atoms with E-state index < -0.39 is 24.4 Å². The van der Waals surface area contributed by atoms with Gasteiger partial charge in [0, 0.05) is 0 Å². The summed E-state index contributed by atoms with van der Waals surface area (Å²) >= 11 is 0. The number of aliphatic hydroxyl groups is 4. The van der Waals surface area contributed by atoms with Gasteiger partial charge in [-0.3, -0.25) is 0 Å². The molecule has 6 nitrogen and oxygen atoms in total. The zero-order chi connectivity index (χ0) is 17.7. The first kappa shape index (κ1) is 25.2. The summed E-state index contributed by atoms with van der Waals surface area (Å²) in [5.74, 6) is 0. The SMILES string of the molecule is C=CC(O)c1cc(C)c(C(O)C=C)c(C(O)C=C)c1C(O)C=C.N.N. The van der Waals surface area contributed by atoms with Crippen molar-refractivity contribution in [3.05, 3.63) is 84.5 Å². The molecule has 4 atom stereocenters. The van der Waals surface area contributed by atoms with Crippen molar-refractivity contribution in [2.45, 2.75) is 31.3 Å². The average molecular weight is 350 g/mol. The molecule has 0 aromatic heterocycles. The Morgan fingerprint density at radius 3 is 1.44 bits per heavy atom. The molecule has 4 unspecified atom stereocenters. The lowest BCUT2D eigenvalue weighted by atomic mass is 9.82. The second-order valence-corrected chi connectivity index (χ2v) is 5.25. The highest BCUT2D eigenvalue weighted by Crippen LogP contribution is 2.39. The molecule has 25 heavy (non-hydrogen) atoms. The predicted octanol–water partition coefficient (Wildman–Crippen LogP) is 3.20. The van der Waals surface area contributed by atoms with E-state index in [0.717, 1.165) is 0 Å². The maximum absolute atomic E-state index is 10.4. The van der Waals surface area contributed by atoms with E-state index in [1.165, 1.54) is 24.3 Å². The minimum Gasteiger partial charge on any atom is -0.384 e. The summed E-state index contributed by atoms with van der Waals surface area (Å²) < 4.78 is 0. The van der Waals surface area contributed by atoms with Crippen molar-refractivity contribution in [2.24, 2.45) is 0 Å². The number of rotatable bonds is 8. The maximum atomic E-state index is 10.4. The molecule has 0 heterocycles. The van der Waals surface area contributed by atoms with Gasteiger partial charge in [0.15, 0.2) is 0 Å². The molecular formula is C19H30N2O4. The van der Waals surface area contributed by atoms with E-state index in [9.17, 15) is 20.4 Å². The van der Waals surface area contributed by atoms with Crippen molar-refractivity contribution in [2.75, 3.05) is 0 Å². The molecule has 0 saturated heterocycles. The number of hydrogen-bond acceptors (Lipinski definition) is 6. The van der Waals surface area contributed by atoms with Crippen LogP contribution < -0.4 is 12.3 Å². The Bertz CT molecular complexity index is 628. The van der Waals surface area contributed by atoms with Crippen LogP contribution in [0.2, 0.25) is 0 Å². The molecule has 0 bridgehead atoms. The summed E-state index contributed by atoms with van der Waals surface area (Å²) in [6, 6.07) is 1.65. The van der Waals surface area contributed by atoms with Gasteiger partial charge in [-0.1, -0.05) is 30.4 Å². The van der Waals surface area contributed by atoms with Gasteiger partial charge in [-0.2, -0.15) is 0 Å². The Balaban J connectivity index is 0. The van der Waals surface area contributed by atoms with Crippen molar-refractivity contribution in [3.63, 3.8) is 0 Å². The first-order valence-electron chi connectivity index (χ1n) is 7.23. The molecule has 1 aromatic rings. The van der Waals surface area contributed by atoms with Gasteiger partial charge in [0.05, 0.1) is 24.4 Å². The highest BCUT2D eigenvalue weighted by atomic mass is 16.3. The van der Waals surface area contributed by atoms with Gasteiger partial charge < -0.3 is 32.7 Å². The second kappa shape index (κ2) is 10.7. The molecule has 0 amide bonds. The van der Waals surface area contributed by atoms with Crippen molar-refractivity contribution >= 4 is 0 Å². The van der Waals surface area contributed by atoms with Crippen LogP contribution in [0, 0.1) is 6.92 Å².